The summed E-state index contributed by atoms with van der Waals surface area (Å²) in [6.07, 6.45) is 0.901. The summed E-state index contributed by atoms with van der Waals surface area (Å²) >= 11 is 0. The number of ether oxygens (including phenoxy) is 1. The highest BCUT2D eigenvalue weighted by Crippen LogP contribution is 2.38. The van der Waals surface area contributed by atoms with Crippen LogP contribution in [0.25, 0.3) is 5.69 Å². The van der Waals surface area contributed by atoms with Crippen molar-refractivity contribution in [2.45, 2.75) is 26.7 Å². The Hall–Kier alpha value is -2.56. The molecule has 0 unspecified atom stereocenters. The van der Waals surface area contributed by atoms with Crippen molar-refractivity contribution in [1.29, 1.82) is 0 Å². The molecular formula is C18H19NO4. The van der Waals surface area contributed by atoms with Crippen LogP contribution in [0.15, 0.2) is 35.1 Å². The number of carbonyl (C=O) groups excluding carboxylic acids is 1. The predicted octanol–water partition coefficient (Wildman–Crippen LogP) is 2.71. The van der Waals surface area contributed by atoms with Gasteiger partial charge in [0.2, 0.25) is 0 Å². The zero-order valence-electron chi connectivity index (χ0n) is 13.4. The average molecular weight is 313 g/mol. The number of Topliss-reactive ketones (excluding diaryl/α,β-unsaturated/α-hetero) is 1. The summed E-state index contributed by atoms with van der Waals surface area (Å²) in [4.78, 5) is 24.9. The van der Waals surface area contributed by atoms with Gasteiger partial charge in [-0.3, -0.25) is 14.2 Å². The number of ketones is 1. The van der Waals surface area contributed by atoms with Crippen LogP contribution in [-0.2, 0) is 6.42 Å². The van der Waals surface area contributed by atoms with Crippen LogP contribution in [0.5, 0.6) is 11.5 Å². The zero-order chi connectivity index (χ0) is 16.8. The van der Waals surface area contributed by atoms with Crippen molar-refractivity contribution in [3.05, 3.63) is 51.9 Å². The molecule has 1 heterocycles. The number of hydrogen-bond donors (Lipinski definition) is 1. The SMILES string of the molecule is COc1ccc(-n2c3c(c(O)cc2=O)C(=O)CC(C)(C)C3)cc1. The lowest BCUT2D eigenvalue weighted by Crippen LogP contribution is -2.34. The van der Waals surface area contributed by atoms with Crippen LogP contribution >= 0.6 is 0 Å². The molecule has 23 heavy (non-hydrogen) atoms. The lowest BCUT2D eigenvalue weighted by Gasteiger charge is -2.32. The molecule has 0 bridgehead atoms. The maximum atomic E-state index is 12.4. The number of carbonyl (C=O) groups is 1. The molecule has 2 aromatic rings. The summed E-state index contributed by atoms with van der Waals surface area (Å²) in [5.74, 6) is 0.331. The highest BCUT2D eigenvalue weighted by Gasteiger charge is 2.35. The number of aromatic nitrogens is 1. The molecule has 0 atom stereocenters. The third-order valence-corrected chi connectivity index (χ3v) is 4.19. The molecule has 1 aromatic carbocycles. The van der Waals surface area contributed by atoms with Crippen LogP contribution in [0, 0.1) is 5.41 Å². The summed E-state index contributed by atoms with van der Waals surface area (Å²) in [5.41, 5.74) is 0.883. The smallest absolute Gasteiger partial charge is 0.259 e. The minimum Gasteiger partial charge on any atom is -0.507 e. The van der Waals surface area contributed by atoms with Crippen molar-refractivity contribution in [3.63, 3.8) is 0 Å². The number of benzene rings is 1. The van der Waals surface area contributed by atoms with E-state index in [2.05, 4.69) is 0 Å². The van der Waals surface area contributed by atoms with Gasteiger partial charge < -0.3 is 9.84 Å². The third kappa shape index (κ3) is 2.63. The summed E-state index contributed by atoms with van der Waals surface area (Å²) in [7, 11) is 1.57. The van der Waals surface area contributed by atoms with Gasteiger partial charge in [-0.05, 0) is 36.1 Å². The highest BCUT2D eigenvalue weighted by atomic mass is 16.5. The van der Waals surface area contributed by atoms with Crippen LogP contribution in [-0.4, -0.2) is 22.6 Å². The minimum atomic E-state index is -0.350. The van der Waals surface area contributed by atoms with Crippen LogP contribution < -0.4 is 10.3 Å². The van der Waals surface area contributed by atoms with Crippen LogP contribution in [0.1, 0.15) is 36.3 Å². The molecule has 0 fully saturated rings. The van der Waals surface area contributed by atoms with Crippen molar-refractivity contribution in [2.75, 3.05) is 7.11 Å². The molecule has 0 amide bonds. The fourth-order valence-electron chi connectivity index (χ4n) is 3.17. The second kappa shape index (κ2) is 5.26. The lowest BCUT2D eigenvalue weighted by molar-refractivity contribution is 0.0905. The highest BCUT2D eigenvalue weighted by molar-refractivity contribution is 6.01. The standard InChI is InChI=1S/C18H19NO4/c1-18(2)9-13-17(15(21)10-18)14(20)8-16(22)19(13)11-4-6-12(23-3)7-5-11/h4-8,20H,9-10H2,1-3H3. The van der Waals surface area contributed by atoms with E-state index in [-0.39, 0.29) is 28.1 Å². The Labute approximate surface area is 134 Å². The molecule has 1 N–H and O–H groups in total. The van der Waals surface area contributed by atoms with E-state index in [9.17, 15) is 14.7 Å². The second-order valence-electron chi connectivity index (χ2n) is 6.66. The Balaban J connectivity index is 2.27. The van der Waals surface area contributed by atoms with E-state index in [4.69, 9.17) is 4.74 Å². The Kier molecular flexibility index (Phi) is 3.51. The molecule has 5 heteroatoms. The van der Waals surface area contributed by atoms with E-state index >= 15 is 0 Å². The van der Waals surface area contributed by atoms with E-state index in [1.807, 2.05) is 13.8 Å². The summed E-state index contributed by atoms with van der Waals surface area (Å²) < 4.78 is 6.64. The maximum Gasteiger partial charge on any atom is 0.259 e. The Morgan fingerprint density at radius 3 is 2.39 bits per heavy atom. The number of hydrogen-bond acceptors (Lipinski definition) is 4. The summed E-state index contributed by atoms with van der Waals surface area (Å²) in [5, 5.41) is 10.1. The largest absolute Gasteiger partial charge is 0.507 e. The molecule has 5 nitrogen and oxygen atoms in total. The first kappa shape index (κ1) is 15.3. The molecular weight excluding hydrogens is 294 g/mol. The van der Waals surface area contributed by atoms with Gasteiger partial charge in [0, 0.05) is 23.9 Å². The van der Waals surface area contributed by atoms with Crippen LogP contribution in [0.4, 0.5) is 0 Å². The minimum absolute atomic E-state index is 0.129. The molecule has 0 saturated carbocycles. The lowest BCUT2D eigenvalue weighted by atomic mass is 9.75. The average Bonchev–Trinajstić information content (AvgIpc) is 2.45. The van der Waals surface area contributed by atoms with Gasteiger partial charge in [-0.15, -0.1) is 0 Å². The molecule has 0 radical (unpaired) electrons. The van der Waals surface area contributed by atoms with Gasteiger partial charge in [-0.2, -0.15) is 0 Å². The van der Waals surface area contributed by atoms with Gasteiger partial charge in [0.05, 0.1) is 12.7 Å². The molecule has 1 aliphatic rings. The fraction of sp³-hybridized carbons (Fsp3) is 0.333. The first-order valence-electron chi connectivity index (χ1n) is 7.48. The molecule has 3 rings (SSSR count). The van der Waals surface area contributed by atoms with Crippen LogP contribution in [0.3, 0.4) is 0 Å². The van der Waals surface area contributed by atoms with Crippen molar-refractivity contribution in [3.8, 4) is 17.2 Å². The maximum absolute atomic E-state index is 12.4. The van der Waals surface area contributed by atoms with Gasteiger partial charge in [-0.1, -0.05) is 13.8 Å². The molecule has 0 saturated heterocycles. The number of pyridine rings is 1. The van der Waals surface area contributed by atoms with E-state index in [1.54, 1.807) is 31.4 Å². The molecule has 1 aromatic heterocycles. The number of aromatic hydroxyl groups is 1. The van der Waals surface area contributed by atoms with E-state index in [1.165, 1.54) is 4.57 Å². The van der Waals surface area contributed by atoms with Crippen molar-refractivity contribution >= 4 is 5.78 Å². The first-order valence-corrected chi connectivity index (χ1v) is 7.48. The Morgan fingerprint density at radius 1 is 1.13 bits per heavy atom. The van der Waals surface area contributed by atoms with E-state index < -0.39 is 0 Å². The third-order valence-electron chi connectivity index (χ3n) is 4.19. The fourth-order valence-corrected chi connectivity index (χ4v) is 3.17. The van der Waals surface area contributed by atoms with E-state index in [0.29, 0.717) is 30.0 Å². The molecule has 0 spiro atoms. The molecule has 0 aliphatic heterocycles. The Bertz CT molecular complexity index is 831. The van der Waals surface area contributed by atoms with Crippen LogP contribution in [0.2, 0.25) is 0 Å². The van der Waals surface area contributed by atoms with Crippen molar-refractivity contribution < 1.29 is 14.6 Å². The quantitative estimate of drug-likeness (QED) is 0.925. The predicted molar refractivity (Wildman–Crippen MR) is 86.7 cm³/mol. The number of methoxy groups -OCH3 is 1. The first-order chi connectivity index (χ1) is 10.8. The molecule has 1 aliphatic carbocycles. The van der Waals surface area contributed by atoms with Gasteiger partial charge in [0.1, 0.15) is 11.5 Å². The number of fused-ring (bicyclic) bond motifs is 1. The topological polar surface area (TPSA) is 68.5 Å². The zero-order valence-corrected chi connectivity index (χ0v) is 13.4. The monoisotopic (exact) mass is 313 g/mol. The van der Waals surface area contributed by atoms with E-state index in [0.717, 1.165) is 6.07 Å². The summed E-state index contributed by atoms with van der Waals surface area (Å²) in [6, 6.07) is 8.17. The summed E-state index contributed by atoms with van der Waals surface area (Å²) in [6.45, 7) is 3.97. The van der Waals surface area contributed by atoms with Crippen molar-refractivity contribution in [1.82, 2.24) is 4.57 Å². The van der Waals surface area contributed by atoms with Gasteiger partial charge >= 0.3 is 0 Å². The second-order valence-corrected chi connectivity index (χ2v) is 6.66. The number of rotatable bonds is 2. The number of nitrogens with zero attached hydrogens (tertiary/aromatic N) is 1. The molecule has 120 valence electrons. The normalized spacial score (nSPS) is 16.0. The van der Waals surface area contributed by atoms with Crippen molar-refractivity contribution in [2.24, 2.45) is 5.41 Å². The van der Waals surface area contributed by atoms with Gasteiger partial charge in [-0.25, -0.2) is 0 Å². The van der Waals surface area contributed by atoms with Gasteiger partial charge in [0.25, 0.3) is 5.56 Å². The Morgan fingerprint density at radius 2 is 1.78 bits per heavy atom. The van der Waals surface area contributed by atoms with Gasteiger partial charge in [0.15, 0.2) is 5.78 Å².